The quantitative estimate of drug-likeness (QED) is 0.620. The first-order valence-electron chi connectivity index (χ1n) is 4.99. The van der Waals surface area contributed by atoms with Crippen molar-refractivity contribution < 1.29 is 13.5 Å². The third kappa shape index (κ3) is 2.63. The fourth-order valence-corrected chi connectivity index (χ4v) is 2.16. The van der Waals surface area contributed by atoms with Crippen molar-refractivity contribution in [3.8, 4) is 0 Å². The van der Waals surface area contributed by atoms with Crippen LogP contribution in [0.25, 0.3) is 0 Å². The van der Waals surface area contributed by atoms with Gasteiger partial charge in [0, 0.05) is 35.3 Å². The van der Waals surface area contributed by atoms with Gasteiger partial charge in [-0.05, 0) is 18.1 Å². The van der Waals surface area contributed by atoms with Gasteiger partial charge in [0.15, 0.2) is 0 Å². The molecule has 1 aromatic carbocycles. The Morgan fingerprint density at radius 2 is 2.19 bits per heavy atom. The zero-order chi connectivity index (χ0) is 11.8. The van der Waals surface area contributed by atoms with Crippen LogP contribution in [0.2, 0.25) is 0 Å². The van der Waals surface area contributed by atoms with E-state index in [9.17, 15) is 8.78 Å². The van der Waals surface area contributed by atoms with E-state index < -0.39 is 4.12 Å². The van der Waals surface area contributed by atoms with Crippen molar-refractivity contribution in [2.24, 2.45) is 0 Å². The van der Waals surface area contributed by atoms with Crippen molar-refractivity contribution in [3.63, 3.8) is 0 Å². The van der Waals surface area contributed by atoms with E-state index in [0.29, 0.717) is 0 Å². The highest BCUT2D eigenvalue weighted by atomic mass is 127. The van der Waals surface area contributed by atoms with E-state index in [4.69, 9.17) is 0 Å². The van der Waals surface area contributed by atoms with Crippen molar-refractivity contribution in [3.05, 3.63) is 29.8 Å². The Balaban J connectivity index is 2.02. The highest BCUT2D eigenvalue weighted by molar-refractivity contribution is 14.1. The number of halogens is 3. The molecule has 1 aliphatic rings. The van der Waals surface area contributed by atoms with Gasteiger partial charge in [-0.25, -0.2) is 0 Å². The molecule has 0 aromatic heterocycles. The molecule has 16 heavy (non-hydrogen) atoms. The Hall–Kier alpha value is -0.430. The summed E-state index contributed by atoms with van der Waals surface area (Å²) in [5.41, 5.74) is 2.29. The van der Waals surface area contributed by atoms with Gasteiger partial charge in [0.1, 0.15) is 0 Å². The number of benzene rings is 1. The predicted molar refractivity (Wildman–Crippen MR) is 67.3 cm³/mol. The van der Waals surface area contributed by atoms with Crippen molar-refractivity contribution in [2.75, 3.05) is 18.6 Å². The molecule has 88 valence electrons. The Morgan fingerprint density at radius 1 is 1.50 bits per heavy atom. The smallest absolute Gasteiger partial charge is 0.369 e. The molecule has 0 saturated carbocycles. The van der Waals surface area contributed by atoms with Crippen LogP contribution in [0.1, 0.15) is 5.56 Å². The fraction of sp³-hybridized carbons (Fsp3) is 0.455. The second-order valence-corrected chi connectivity index (χ2v) is 5.11. The van der Waals surface area contributed by atoms with Crippen molar-refractivity contribution >= 4 is 28.3 Å². The third-order valence-corrected chi connectivity index (χ3v) is 3.13. The van der Waals surface area contributed by atoms with Gasteiger partial charge in [-0.15, -0.1) is 0 Å². The number of hydrogen-bond donors (Lipinski definition) is 0. The summed E-state index contributed by atoms with van der Waals surface area (Å²) in [4.78, 5) is 2.00. The van der Waals surface area contributed by atoms with E-state index in [-0.39, 0.29) is 12.6 Å². The average Bonchev–Trinajstić information content (AvgIpc) is 2.53. The van der Waals surface area contributed by atoms with Gasteiger partial charge in [0.2, 0.25) is 0 Å². The monoisotopic (exact) mass is 339 g/mol. The summed E-state index contributed by atoms with van der Waals surface area (Å²) in [6.07, 6.45) is 0.763. The molecule has 1 heterocycles. The van der Waals surface area contributed by atoms with Gasteiger partial charge in [0.05, 0.1) is 12.6 Å². The predicted octanol–water partition coefficient (Wildman–Crippen LogP) is 3.05. The van der Waals surface area contributed by atoms with Crippen LogP contribution in [-0.2, 0) is 11.2 Å². The van der Waals surface area contributed by atoms with Crippen molar-refractivity contribution in [1.29, 1.82) is 0 Å². The molecule has 0 spiro atoms. The van der Waals surface area contributed by atoms with Gasteiger partial charge >= 0.3 is 4.12 Å². The normalized spacial score (nSPS) is 20.0. The molecule has 0 amide bonds. The molecule has 0 saturated heterocycles. The van der Waals surface area contributed by atoms with Crippen LogP contribution in [0.15, 0.2) is 24.3 Å². The molecule has 5 heteroatoms. The van der Waals surface area contributed by atoms with Gasteiger partial charge in [-0.2, -0.15) is 8.78 Å². The summed E-state index contributed by atoms with van der Waals surface area (Å²) in [5.74, 6) is 0. The number of rotatable bonds is 3. The van der Waals surface area contributed by atoms with E-state index in [2.05, 4.69) is 4.74 Å². The maximum Gasteiger partial charge on any atom is 0.407 e. The lowest BCUT2D eigenvalue weighted by atomic mass is 10.1. The van der Waals surface area contributed by atoms with Crippen LogP contribution in [0.5, 0.6) is 0 Å². The topological polar surface area (TPSA) is 12.5 Å². The Labute approximate surface area is 107 Å². The van der Waals surface area contributed by atoms with Crippen LogP contribution in [-0.4, -0.2) is 23.8 Å². The Morgan fingerprint density at radius 3 is 2.81 bits per heavy atom. The number of hydrogen-bond acceptors (Lipinski definition) is 2. The lowest BCUT2D eigenvalue weighted by molar-refractivity contribution is -0.148. The molecule has 2 nitrogen and oxygen atoms in total. The molecule has 1 atom stereocenters. The van der Waals surface area contributed by atoms with Crippen molar-refractivity contribution in [1.82, 2.24) is 0 Å². The number of alkyl halides is 3. The van der Waals surface area contributed by atoms with E-state index in [1.807, 2.05) is 36.2 Å². The molecular formula is C11H12F2INO. The highest BCUT2D eigenvalue weighted by Gasteiger charge is 2.31. The molecule has 0 N–H and O–H groups in total. The lowest BCUT2D eigenvalue weighted by Crippen LogP contribution is -2.34. The number of para-hydroxylation sites is 1. The minimum absolute atomic E-state index is 0.00181. The van der Waals surface area contributed by atoms with Gasteiger partial charge in [-0.1, -0.05) is 18.2 Å². The summed E-state index contributed by atoms with van der Waals surface area (Å²) in [6.45, 7) is 0.0428. The van der Waals surface area contributed by atoms with Gasteiger partial charge < -0.3 is 9.64 Å². The molecule has 0 unspecified atom stereocenters. The van der Waals surface area contributed by atoms with Crippen LogP contribution >= 0.6 is 22.6 Å². The molecule has 0 radical (unpaired) electrons. The molecule has 0 fully saturated rings. The lowest BCUT2D eigenvalue weighted by Gasteiger charge is -2.23. The summed E-state index contributed by atoms with van der Waals surface area (Å²) in [5, 5.41) is 0. The minimum Gasteiger partial charge on any atom is -0.369 e. The van der Waals surface area contributed by atoms with E-state index in [1.165, 1.54) is 5.56 Å². The van der Waals surface area contributed by atoms with Crippen LogP contribution < -0.4 is 4.90 Å². The van der Waals surface area contributed by atoms with Gasteiger partial charge in [0.25, 0.3) is 0 Å². The Bertz CT molecular complexity index is 380. The minimum atomic E-state index is -3.08. The number of ether oxygens (including phenoxy) is 1. The first-order chi connectivity index (χ1) is 7.47. The summed E-state index contributed by atoms with van der Waals surface area (Å²) in [7, 11) is 1.91. The number of fused-ring (bicyclic) bond motifs is 1. The second kappa shape index (κ2) is 4.44. The Kier molecular flexibility index (Phi) is 3.34. The fourth-order valence-electron chi connectivity index (χ4n) is 1.98. The van der Waals surface area contributed by atoms with Crippen LogP contribution in [0.4, 0.5) is 14.5 Å². The molecule has 0 bridgehead atoms. The second-order valence-electron chi connectivity index (χ2n) is 3.85. The van der Waals surface area contributed by atoms with E-state index in [1.54, 1.807) is 0 Å². The largest absolute Gasteiger partial charge is 0.407 e. The zero-order valence-electron chi connectivity index (χ0n) is 8.79. The molecule has 0 aliphatic carbocycles. The first-order valence-corrected chi connectivity index (χ1v) is 6.06. The maximum absolute atomic E-state index is 12.6. The van der Waals surface area contributed by atoms with Crippen LogP contribution in [0, 0.1) is 0 Å². The van der Waals surface area contributed by atoms with Crippen molar-refractivity contribution in [2.45, 2.75) is 16.6 Å². The maximum atomic E-state index is 12.6. The van der Waals surface area contributed by atoms with Gasteiger partial charge in [-0.3, -0.25) is 0 Å². The average molecular weight is 339 g/mol. The zero-order valence-corrected chi connectivity index (χ0v) is 10.9. The summed E-state index contributed by atoms with van der Waals surface area (Å²) < 4.78 is 26.6. The SMILES string of the molecule is CN1c2ccccc2C[C@H]1COC(F)(F)I. The van der Waals surface area contributed by atoms with Crippen LogP contribution in [0.3, 0.4) is 0 Å². The standard InChI is InChI=1S/C11H12F2INO/c1-15-9(7-16-11(12,13)14)6-8-4-2-3-5-10(8)15/h2-5,9H,6-7H2,1H3/t9-/m0/s1. The summed E-state index contributed by atoms with van der Waals surface area (Å²) >= 11 is 0.996. The molecular weight excluding hydrogens is 327 g/mol. The molecule has 1 aliphatic heterocycles. The van der Waals surface area contributed by atoms with E-state index >= 15 is 0 Å². The van der Waals surface area contributed by atoms with E-state index in [0.717, 1.165) is 34.7 Å². The third-order valence-electron chi connectivity index (χ3n) is 2.81. The number of likely N-dealkylation sites (N-methyl/N-ethyl adjacent to an activating group) is 1. The molecule has 1 aromatic rings. The molecule has 2 rings (SSSR count). The first kappa shape index (κ1) is 12.0. The number of nitrogens with zero attached hydrogens (tertiary/aromatic N) is 1. The summed E-state index contributed by atoms with van der Waals surface area (Å²) in [6, 6.07) is 7.93. The highest BCUT2D eigenvalue weighted by Crippen LogP contribution is 2.32. The number of anilines is 1.